The fourth-order valence-corrected chi connectivity index (χ4v) is 1.40. The molecular formula is C12H22N4O2. The van der Waals surface area contributed by atoms with E-state index in [9.17, 15) is 0 Å². The third-order valence-electron chi connectivity index (χ3n) is 2.39. The first kappa shape index (κ1) is 14.7. The summed E-state index contributed by atoms with van der Waals surface area (Å²) in [6.45, 7) is 4.18. The Labute approximate surface area is 108 Å². The van der Waals surface area contributed by atoms with Crippen LogP contribution in [0.1, 0.15) is 13.3 Å². The third kappa shape index (κ3) is 5.29. The molecule has 0 saturated heterocycles. The lowest BCUT2D eigenvalue weighted by molar-refractivity contribution is 0.0365. The van der Waals surface area contributed by atoms with Gasteiger partial charge in [-0.1, -0.05) is 6.92 Å². The average molecular weight is 254 g/mol. The molecular weight excluding hydrogens is 232 g/mol. The van der Waals surface area contributed by atoms with Gasteiger partial charge in [-0.25, -0.2) is 4.98 Å². The summed E-state index contributed by atoms with van der Waals surface area (Å²) in [5.74, 6) is 1.51. The fourth-order valence-electron chi connectivity index (χ4n) is 1.40. The number of hydrogen-bond acceptors (Lipinski definition) is 6. The van der Waals surface area contributed by atoms with Crippen LogP contribution in [0.25, 0.3) is 0 Å². The van der Waals surface area contributed by atoms with Crippen LogP contribution >= 0.6 is 0 Å². The molecule has 1 unspecified atom stereocenters. The molecule has 0 spiro atoms. The van der Waals surface area contributed by atoms with Crippen molar-refractivity contribution >= 4 is 11.6 Å². The normalized spacial score (nSPS) is 12.2. The van der Waals surface area contributed by atoms with Gasteiger partial charge in [0.05, 0.1) is 25.1 Å². The van der Waals surface area contributed by atoms with Crippen LogP contribution in [0, 0.1) is 0 Å². The molecule has 18 heavy (non-hydrogen) atoms. The first-order valence-corrected chi connectivity index (χ1v) is 6.11. The Bertz CT molecular complexity index is 336. The van der Waals surface area contributed by atoms with Crippen LogP contribution in [-0.2, 0) is 9.47 Å². The smallest absolute Gasteiger partial charge is 0.147 e. The molecule has 0 aliphatic heterocycles. The first-order valence-electron chi connectivity index (χ1n) is 6.11. The number of methoxy groups -OCH3 is 2. The molecule has 1 rings (SSSR count). The number of hydrogen-bond donors (Lipinski definition) is 2. The third-order valence-corrected chi connectivity index (χ3v) is 2.39. The van der Waals surface area contributed by atoms with E-state index in [1.807, 2.05) is 0 Å². The highest BCUT2D eigenvalue weighted by molar-refractivity contribution is 5.41. The Morgan fingerprint density at radius 3 is 2.56 bits per heavy atom. The monoisotopic (exact) mass is 254 g/mol. The second kappa shape index (κ2) is 8.66. The van der Waals surface area contributed by atoms with E-state index in [0.717, 1.165) is 24.6 Å². The van der Waals surface area contributed by atoms with E-state index >= 15 is 0 Å². The maximum atomic E-state index is 5.26. The molecule has 1 aromatic heterocycles. The molecule has 0 aliphatic rings. The summed E-state index contributed by atoms with van der Waals surface area (Å²) in [7, 11) is 3.32. The highest BCUT2D eigenvalue weighted by Crippen LogP contribution is 2.07. The first-order chi connectivity index (χ1) is 8.80. The van der Waals surface area contributed by atoms with Gasteiger partial charge in [-0.3, -0.25) is 4.98 Å². The Hall–Kier alpha value is -1.40. The lowest BCUT2D eigenvalue weighted by Crippen LogP contribution is -2.27. The number of nitrogens with one attached hydrogen (secondary N) is 2. The molecule has 0 fully saturated rings. The maximum absolute atomic E-state index is 5.26. The zero-order valence-corrected chi connectivity index (χ0v) is 11.3. The van der Waals surface area contributed by atoms with E-state index in [4.69, 9.17) is 9.47 Å². The number of rotatable bonds is 9. The Balaban J connectivity index is 2.45. The molecule has 102 valence electrons. The summed E-state index contributed by atoms with van der Waals surface area (Å²) >= 11 is 0. The molecule has 2 N–H and O–H groups in total. The van der Waals surface area contributed by atoms with Gasteiger partial charge in [0.2, 0.25) is 0 Å². The molecule has 1 aromatic rings. The van der Waals surface area contributed by atoms with Crippen molar-refractivity contribution in [3.8, 4) is 0 Å². The second-order valence-corrected chi connectivity index (χ2v) is 3.91. The predicted molar refractivity (Wildman–Crippen MR) is 72.0 cm³/mol. The SMILES string of the molecule is CCCNc1cncc(NCC(COC)OC)n1. The molecule has 1 atom stereocenters. The number of aromatic nitrogens is 2. The highest BCUT2D eigenvalue weighted by Gasteiger charge is 2.07. The van der Waals surface area contributed by atoms with Crippen LogP contribution in [-0.4, -0.2) is 50.0 Å². The lowest BCUT2D eigenvalue weighted by Gasteiger charge is -2.15. The van der Waals surface area contributed by atoms with E-state index < -0.39 is 0 Å². The maximum Gasteiger partial charge on any atom is 0.147 e. The van der Waals surface area contributed by atoms with Crippen LogP contribution < -0.4 is 10.6 Å². The zero-order chi connectivity index (χ0) is 13.2. The van der Waals surface area contributed by atoms with Gasteiger partial charge in [0.1, 0.15) is 11.6 Å². The molecule has 0 radical (unpaired) electrons. The second-order valence-electron chi connectivity index (χ2n) is 3.91. The molecule has 6 heteroatoms. The number of anilines is 2. The van der Waals surface area contributed by atoms with Crippen molar-refractivity contribution < 1.29 is 9.47 Å². The van der Waals surface area contributed by atoms with Gasteiger partial charge in [0.25, 0.3) is 0 Å². The minimum atomic E-state index is 0.00376. The standard InChI is InChI=1S/C12H22N4O2/c1-4-5-14-11-7-13-8-12(16-11)15-6-10(18-3)9-17-2/h7-8,10H,4-6,9H2,1-3H3,(H2,14,15,16). The van der Waals surface area contributed by atoms with Crippen molar-refractivity contribution in [1.82, 2.24) is 9.97 Å². The van der Waals surface area contributed by atoms with Crippen LogP contribution in [0.5, 0.6) is 0 Å². The Morgan fingerprint density at radius 2 is 1.94 bits per heavy atom. The quantitative estimate of drug-likeness (QED) is 0.694. The average Bonchev–Trinajstić information content (AvgIpc) is 2.41. The van der Waals surface area contributed by atoms with E-state index in [-0.39, 0.29) is 6.10 Å². The van der Waals surface area contributed by atoms with Gasteiger partial charge < -0.3 is 20.1 Å². The van der Waals surface area contributed by atoms with Crippen LogP contribution in [0.15, 0.2) is 12.4 Å². The Morgan fingerprint density at radius 1 is 1.22 bits per heavy atom. The van der Waals surface area contributed by atoms with Crippen LogP contribution in [0.3, 0.4) is 0 Å². The van der Waals surface area contributed by atoms with Crippen molar-refractivity contribution in [2.75, 3.05) is 44.5 Å². The van der Waals surface area contributed by atoms with Gasteiger partial charge in [-0.05, 0) is 6.42 Å². The van der Waals surface area contributed by atoms with Gasteiger partial charge >= 0.3 is 0 Å². The molecule has 6 nitrogen and oxygen atoms in total. The summed E-state index contributed by atoms with van der Waals surface area (Å²) in [5, 5.41) is 6.37. The van der Waals surface area contributed by atoms with E-state index in [2.05, 4.69) is 27.5 Å². The molecule has 0 amide bonds. The van der Waals surface area contributed by atoms with Gasteiger partial charge in [-0.15, -0.1) is 0 Å². The van der Waals surface area contributed by atoms with Crippen molar-refractivity contribution in [1.29, 1.82) is 0 Å². The fraction of sp³-hybridized carbons (Fsp3) is 0.667. The molecule has 1 heterocycles. The zero-order valence-electron chi connectivity index (χ0n) is 11.3. The highest BCUT2D eigenvalue weighted by atomic mass is 16.5. The Kier molecular flexibility index (Phi) is 7.05. The van der Waals surface area contributed by atoms with Crippen LogP contribution in [0.4, 0.5) is 11.6 Å². The van der Waals surface area contributed by atoms with E-state index in [0.29, 0.717) is 13.2 Å². The summed E-state index contributed by atoms with van der Waals surface area (Å²) in [4.78, 5) is 8.52. The van der Waals surface area contributed by atoms with E-state index in [1.54, 1.807) is 26.6 Å². The molecule has 0 aliphatic carbocycles. The summed E-state index contributed by atoms with van der Waals surface area (Å²) in [6.07, 6.45) is 4.46. The lowest BCUT2D eigenvalue weighted by atomic mass is 10.3. The summed E-state index contributed by atoms with van der Waals surface area (Å²) in [6, 6.07) is 0. The van der Waals surface area contributed by atoms with Gasteiger partial charge in [-0.2, -0.15) is 0 Å². The molecule has 0 bridgehead atoms. The van der Waals surface area contributed by atoms with Crippen molar-refractivity contribution in [3.63, 3.8) is 0 Å². The van der Waals surface area contributed by atoms with Gasteiger partial charge in [0, 0.05) is 27.3 Å². The predicted octanol–water partition coefficient (Wildman–Crippen LogP) is 1.37. The van der Waals surface area contributed by atoms with Crippen molar-refractivity contribution in [2.45, 2.75) is 19.4 Å². The molecule has 0 saturated carbocycles. The molecule has 0 aromatic carbocycles. The number of ether oxygens (including phenoxy) is 2. The summed E-state index contributed by atoms with van der Waals surface area (Å²) < 4.78 is 10.3. The van der Waals surface area contributed by atoms with Crippen molar-refractivity contribution in [2.24, 2.45) is 0 Å². The number of nitrogens with zero attached hydrogens (tertiary/aromatic N) is 2. The minimum Gasteiger partial charge on any atom is -0.382 e. The van der Waals surface area contributed by atoms with Crippen molar-refractivity contribution in [3.05, 3.63) is 12.4 Å². The largest absolute Gasteiger partial charge is 0.382 e. The van der Waals surface area contributed by atoms with Crippen LogP contribution in [0.2, 0.25) is 0 Å². The topological polar surface area (TPSA) is 68.3 Å². The van der Waals surface area contributed by atoms with Gasteiger partial charge in [0.15, 0.2) is 0 Å². The summed E-state index contributed by atoms with van der Waals surface area (Å²) in [5.41, 5.74) is 0. The van der Waals surface area contributed by atoms with E-state index in [1.165, 1.54) is 0 Å². The minimum absolute atomic E-state index is 0.00376.